The molecule has 1 saturated carbocycles. The van der Waals surface area contributed by atoms with Gasteiger partial charge >= 0.3 is 0 Å². The van der Waals surface area contributed by atoms with Crippen LogP contribution in [0.3, 0.4) is 0 Å². The van der Waals surface area contributed by atoms with E-state index < -0.39 is 6.10 Å². The van der Waals surface area contributed by atoms with Crippen molar-refractivity contribution in [3.63, 3.8) is 0 Å². The van der Waals surface area contributed by atoms with Crippen LogP contribution < -0.4 is 0 Å². The molecule has 0 radical (unpaired) electrons. The number of aliphatic hydroxyl groups excluding tert-OH is 1. The fraction of sp³-hybridized carbons (Fsp3) is 0.600. The fourth-order valence-corrected chi connectivity index (χ4v) is 2.64. The van der Waals surface area contributed by atoms with Crippen molar-refractivity contribution in [1.29, 1.82) is 0 Å². The van der Waals surface area contributed by atoms with E-state index in [1.807, 2.05) is 12.1 Å². The average molecular weight is 248 g/mol. The third kappa shape index (κ3) is 2.44. The van der Waals surface area contributed by atoms with Crippen LogP contribution in [0.25, 0.3) is 0 Å². The summed E-state index contributed by atoms with van der Waals surface area (Å²) < 4.78 is 10.9. The minimum Gasteiger partial charge on any atom is -0.386 e. The Morgan fingerprint density at radius 2 is 2.11 bits per heavy atom. The van der Waals surface area contributed by atoms with Gasteiger partial charge in [-0.3, -0.25) is 0 Å². The molecule has 1 heterocycles. The maximum absolute atomic E-state index is 10.3. The highest BCUT2D eigenvalue weighted by Crippen LogP contribution is 2.37. The highest BCUT2D eigenvalue weighted by Gasteiger charge is 2.26. The fourth-order valence-electron chi connectivity index (χ4n) is 2.64. The number of hydrogen-bond acceptors (Lipinski definition) is 3. The molecule has 2 aliphatic rings. The summed E-state index contributed by atoms with van der Waals surface area (Å²) in [5.41, 5.74) is 2.31. The molecule has 0 amide bonds. The summed E-state index contributed by atoms with van der Waals surface area (Å²) in [6.45, 7) is 1.68. The van der Waals surface area contributed by atoms with E-state index in [0.29, 0.717) is 25.7 Å². The van der Waals surface area contributed by atoms with E-state index in [9.17, 15) is 5.11 Å². The van der Waals surface area contributed by atoms with Crippen molar-refractivity contribution in [3.05, 3.63) is 35.4 Å². The maximum atomic E-state index is 10.3. The van der Waals surface area contributed by atoms with Crippen molar-refractivity contribution in [2.75, 3.05) is 19.8 Å². The van der Waals surface area contributed by atoms with E-state index in [0.717, 1.165) is 5.56 Å². The Hall–Kier alpha value is -0.900. The molecule has 98 valence electrons. The molecule has 0 bridgehead atoms. The maximum Gasteiger partial charge on any atom is 0.111 e. The molecule has 1 N–H and O–H groups in total. The Morgan fingerprint density at radius 1 is 1.22 bits per heavy atom. The molecule has 2 atom stereocenters. The smallest absolute Gasteiger partial charge is 0.111 e. The van der Waals surface area contributed by atoms with Crippen LogP contribution in [-0.4, -0.2) is 31.0 Å². The predicted octanol–water partition coefficient (Wildman–Crippen LogP) is 2.40. The highest BCUT2D eigenvalue weighted by atomic mass is 16.6. The molecule has 3 heteroatoms. The molecule has 18 heavy (non-hydrogen) atoms. The van der Waals surface area contributed by atoms with Gasteiger partial charge in [0, 0.05) is 0 Å². The van der Waals surface area contributed by atoms with Crippen molar-refractivity contribution >= 4 is 0 Å². The Bertz CT molecular complexity index is 394. The monoisotopic (exact) mass is 248 g/mol. The molecule has 2 unspecified atom stereocenters. The van der Waals surface area contributed by atoms with E-state index in [1.165, 1.54) is 24.8 Å². The van der Waals surface area contributed by atoms with Gasteiger partial charge in [-0.05, 0) is 29.9 Å². The van der Waals surface area contributed by atoms with E-state index in [-0.39, 0.29) is 6.10 Å². The molecule has 1 aliphatic carbocycles. The number of rotatable bonds is 3. The summed E-state index contributed by atoms with van der Waals surface area (Å²) in [6.07, 6.45) is 3.09. The van der Waals surface area contributed by atoms with Gasteiger partial charge in [0.2, 0.25) is 0 Å². The Balaban J connectivity index is 1.73. The summed E-state index contributed by atoms with van der Waals surface area (Å²) >= 11 is 0. The van der Waals surface area contributed by atoms with E-state index in [4.69, 9.17) is 9.47 Å². The predicted molar refractivity (Wildman–Crippen MR) is 68.6 cm³/mol. The van der Waals surface area contributed by atoms with Gasteiger partial charge in [-0.2, -0.15) is 0 Å². The van der Waals surface area contributed by atoms with Crippen LogP contribution in [0.4, 0.5) is 0 Å². The summed E-state index contributed by atoms with van der Waals surface area (Å²) in [4.78, 5) is 0. The summed E-state index contributed by atoms with van der Waals surface area (Å²) in [6, 6.07) is 8.31. The second-order valence-corrected chi connectivity index (χ2v) is 5.23. The van der Waals surface area contributed by atoms with Crippen LogP contribution in [0.2, 0.25) is 0 Å². The van der Waals surface area contributed by atoms with Gasteiger partial charge in [-0.1, -0.05) is 30.7 Å². The quantitative estimate of drug-likeness (QED) is 0.892. The molecule has 2 fully saturated rings. The van der Waals surface area contributed by atoms with Gasteiger partial charge in [-0.25, -0.2) is 0 Å². The normalized spacial score (nSPS) is 26.6. The topological polar surface area (TPSA) is 38.7 Å². The zero-order valence-corrected chi connectivity index (χ0v) is 10.5. The minimum absolute atomic E-state index is 0.226. The van der Waals surface area contributed by atoms with Gasteiger partial charge in [0.1, 0.15) is 12.2 Å². The average Bonchev–Trinajstić information content (AvgIpc) is 2.37. The van der Waals surface area contributed by atoms with Crippen LogP contribution in [0.1, 0.15) is 42.4 Å². The zero-order valence-electron chi connectivity index (χ0n) is 10.5. The first kappa shape index (κ1) is 12.2. The lowest BCUT2D eigenvalue weighted by Gasteiger charge is -2.29. The molecule has 1 saturated heterocycles. The van der Waals surface area contributed by atoms with Crippen molar-refractivity contribution in [2.24, 2.45) is 0 Å². The van der Waals surface area contributed by atoms with Crippen molar-refractivity contribution in [2.45, 2.75) is 37.4 Å². The number of ether oxygens (including phenoxy) is 2. The van der Waals surface area contributed by atoms with Crippen LogP contribution >= 0.6 is 0 Å². The molecule has 1 aliphatic heterocycles. The summed E-state index contributed by atoms with van der Waals surface area (Å²) in [7, 11) is 0. The van der Waals surface area contributed by atoms with Gasteiger partial charge in [-0.15, -0.1) is 0 Å². The van der Waals surface area contributed by atoms with Gasteiger partial charge in [0.15, 0.2) is 0 Å². The van der Waals surface area contributed by atoms with Crippen molar-refractivity contribution < 1.29 is 14.6 Å². The second kappa shape index (κ2) is 5.39. The number of aliphatic hydroxyl groups is 1. The van der Waals surface area contributed by atoms with E-state index in [1.54, 1.807) is 0 Å². The Kier molecular flexibility index (Phi) is 3.64. The number of hydrogen-bond donors (Lipinski definition) is 1. The second-order valence-electron chi connectivity index (χ2n) is 5.23. The molecular weight excluding hydrogens is 228 g/mol. The van der Waals surface area contributed by atoms with Crippen LogP contribution in [0.15, 0.2) is 24.3 Å². The van der Waals surface area contributed by atoms with Crippen molar-refractivity contribution in [1.82, 2.24) is 0 Å². The van der Waals surface area contributed by atoms with Crippen LogP contribution in [0.5, 0.6) is 0 Å². The molecule has 1 aromatic carbocycles. The van der Waals surface area contributed by atoms with Gasteiger partial charge < -0.3 is 14.6 Å². The molecule has 0 aromatic heterocycles. The molecule has 0 spiro atoms. The first-order valence-electron chi connectivity index (χ1n) is 6.82. The van der Waals surface area contributed by atoms with Gasteiger partial charge in [0.25, 0.3) is 0 Å². The summed E-state index contributed by atoms with van der Waals surface area (Å²) in [5, 5.41) is 10.3. The number of benzene rings is 1. The third-order valence-electron chi connectivity index (χ3n) is 4.02. The largest absolute Gasteiger partial charge is 0.386 e. The Labute approximate surface area is 108 Å². The lowest BCUT2D eigenvalue weighted by molar-refractivity contribution is -0.133. The van der Waals surface area contributed by atoms with Crippen LogP contribution in [0, 0.1) is 0 Å². The highest BCUT2D eigenvalue weighted by molar-refractivity contribution is 5.29. The first-order valence-corrected chi connectivity index (χ1v) is 6.82. The first-order chi connectivity index (χ1) is 8.84. The Morgan fingerprint density at radius 3 is 2.78 bits per heavy atom. The van der Waals surface area contributed by atoms with E-state index >= 15 is 0 Å². The van der Waals surface area contributed by atoms with Crippen molar-refractivity contribution in [3.8, 4) is 0 Å². The third-order valence-corrected chi connectivity index (χ3v) is 4.02. The van der Waals surface area contributed by atoms with Gasteiger partial charge in [0.05, 0.1) is 19.8 Å². The molecule has 3 nitrogen and oxygen atoms in total. The molecular formula is C15H20O3. The molecule has 3 rings (SSSR count). The summed E-state index contributed by atoms with van der Waals surface area (Å²) in [5.74, 6) is 0.695. The van der Waals surface area contributed by atoms with Crippen LogP contribution in [-0.2, 0) is 9.47 Å². The molecule has 1 aromatic rings. The standard InChI is InChI=1S/C15H20O3/c16-15(14-10-17-7-8-18-14)13-6-2-5-12(9-13)11-3-1-4-11/h2,5-6,9,11,14-16H,1,3-4,7-8,10H2. The SMILES string of the molecule is OC(c1cccc(C2CCC2)c1)C1COCCO1. The lowest BCUT2D eigenvalue weighted by atomic mass is 9.79. The zero-order chi connectivity index (χ0) is 12.4. The minimum atomic E-state index is -0.578. The van der Waals surface area contributed by atoms with E-state index in [2.05, 4.69) is 12.1 Å². The lowest BCUT2D eigenvalue weighted by Crippen LogP contribution is -2.33.